The van der Waals surface area contributed by atoms with Crippen molar-refractivity contribution in [2.75, 3.05) is 13.7 Å². The van der Waals surface area contributed by atoms with Crippen molar-refractivity contribution in [2.45, 2.75) is 53.6 Å². The number of methoxy groups -OCH3 is 1. The molecule has 1 rings (SSSR count). The number of nitriles is 1. The highest BCUT2D eigenvalue weighted by atomic mass is 16.5. The standard InChI is InChI=1S/C19H27N3O3/c1-7-8-21-14(4)9-16(15(21)5)10-17(11-20)19(24)22(13(2)3)12-18(23)25-6/h9-10,13H,7-8,12H2,1-6H3/b17-10-. The number of hydrogen-bond donors (Lipinski definition) is 0. The number of esters is 1. The molecule has 0 atom stereocenters. The van der Waals surface area contributed by atoms with E-state index in [1.165, 1.54) is 12.0 Å². The Balaban J connectivity index is 3.21. The zero-order valence-corrected chi connectivity index (χ0v) is 15.9. The van der Waals surface area contributed by atoms with E-state index in [0.29, 0.717) is 0 Å². The number of carbonyl (C=O) groups is 2. The van der Waals surface area contributed by atoms with Crippen LogP contribution in [0, 0.1) is 25.2 Å². The third-order valence-corrected chi connectivity index (χ3v) is 4.12. The van der Waals surface area contributed by atoms with Gasteiger partial charge in [-0.25, -0.2) is 0 Å². The first-order valence-corrected chi connectivity index (χ1v) is 8.43. The molecule has 0 radical (unpaired) electrons. The van der Waals surface area contributed by atoms with Crippen LogP contribution in [0.4, 0.5) is 0 Å². The molecule has 0 unspecified atom stereocenters. The van der Waals surface area contributed by atoms with E-state index >= 15 is 0 Å². The maximum atomic E-state index is 12.7. The van der Waals surface area contributed by atoms with Crippen LogP contribution in [0.2, 0.25) is 0 Å². The number of nitrogens with zero attached hydrogens (tertiary/aromatic N) is 3. The Hall–Kier alpha value is -2.55. The second-order valence-corrected chi connectivity index (χ2v) is 6.25. The number of ether oxygens (including phenoxy) is 1. The zero-order valence-electron chi connectivity index (χ0n) is 15.9. The summed E-state index contributed by atoms with van der Waals surface area (Å²) in [6, 6.07) is 3.72. The average Bonchev–Trinajstić information content (AvgIpc) is 2.84. The number of hydrogen-bond acceptors (Lipinski definition) is 4. The summed E-state index contributed by atoms with van der Waals surface area (Å²) >= 11 is 0. The van der Waals surface area contributed by atoms with Crippen LogP contribution in [0.3, 0.4) is 0 Å². The molecule has 0 aliphatic rings. The third-order valence-electron chi connectivity index (χ3n) is 4.12. The van der Waals surface area contributed by atoms with E-state index in [-0.39, 0.29) is 18.2 Å². The summed E-state index contributed by atoms with van der Waals surface area (Å²) in [6.07, 6.45) is 2.60. The second kappa shape index (κ2) is 9.07. The smallest absolute Gasteiger partial charge is 0.325 e. The van der Waals surface area contributed by atoms with Crippen molar-refractivity contribution >= 4 is 18.0 Å². The topological polar surface area (TPSA) is 75.3 Å². The minimum Gasteiger partial charge on any atom is -0.468 e. The van der Waals surface area contributed by atoms with Crippen LogP contribution in [0.25, 0.3) is 6.08 Å². The molecule has 25 heavy (non-hydrogen) atoms. The Morgan fingerprint density at radius 2 is 2.04 bits per heavy atom. The summed E-state index contributed by atoms with van der Waals surface area (Å²) in [5, 5.41) is 9.46. The molecular formula is C19H27N3O3. The van der Waals surface area contributed by atoms with E-state index in [0.717, 1.165) is 29.9 Å². The first-order valence-electron chi connectivity index (χ1n) is 8.43. The fraction of sp³-hybridized carbons (Fsp3) is 0.526. The number of aromatic nitrogens is 1. The highest BCUT2D eigenvalue weighted by Crippen LogP contribution is 2.20. The molecule has 136 valence electrons. The van der Waals surface area contributed by atoms with Crippen LogP contribution < -0.4 is 0 Å². The van der Waals surface area contributed by atoms with Crippen LogP contribution in [0.1, 0.15) is 44.1 Å². The fourth-order valence-electron chi connectivity index (χ4n) is 2.69. The van der Waals surface area contributed by atoms with Gasteiger partial charge in [-0.1, -0.05) is 6.92 Å². The van der Waals surface area contributed by atoms with Gasteiger partial charge in [0.15, 0.2) is 0 Å². The van der Waals surface area contributed by atoms with Crippen molar-refractivity contribution in [1.82, 2.24) is 9.47 Å². The van der Waals surface area contributed by atoms with E-state index in [1.807, 2.05) is 26.0 Å². The normalized spacial score (nSPS) is 11.4. The predicted molar refractivity (Wildman–Crippen MR) is 96.7 cm³/mol. The Morgan fingerprint density at radius 1 is 1.40 bits per heavy atom. The van der Waals surface area contributed by atoms with Crippen molar-refractivity contribution in [3.8, 4) is 6.07 Å². The minimum absolute atomic E-state index is 0.00866. The van der Waals surface area contributed by atoms with E-state index < -0.39 is 11.9 Å². The Labute approximate surface area is 149 Å². The van der Waals surface area contributed by atoms with Gasteiger partial charge in [-0.2, -0.15) is 5.26 Å². The van der Waals surface area contributed by atoms with Crippen LogP contribution in [0.15, 0.2) is 11.6 Å². The van der Waals surface area contributed by atoms with Gasteiger partial charge in [-0.3, -0.25) is 9.59 Å². The van der Waals surface area contributed by atoms with Crippen LogP contribution in [0.5, 0.6) is 0 Å². The number of aryl methyl sites for hydroxylation is 1. The first kappa shape index (κ1) is 20.5. The van der Waals surface area contributed by atoms with Crippen LogP contribution in [-0.2, 0) is 20.9 Å². The third kappa shape index (κ3) is 4.96. The molecule has 0 aromatic carbocycles. The van der Waals surface area contributed by atoms with Crippen molar-refractivity contribution < 1.29 is 14.3 Å². The molecule has 6 nitrogen and oxygen atoms in total. The summed E-state index contributed by atoms with van der Waals surface area (Å²) in [7, 11) is 1.27. The van der Waals surface area contributed by atoms with E-state index in [4.69, 9.17) is 0 Å². The number of amides is 1. The lowest BCUT2D eigenvalue weighted by molar-refractivity contribution is -0.146. The molecule has 1 heterocycles. The lowest BCUT2D eigenvalue weighted by Crippen LogP contribution is -2.41. The quantitative estimate of drug-likeness (QED) is 0.433. The van der Waals surface area contributed by atoms with Gasteiger partial charge >= 0.3 is 5.97 Å². The average molecular weight is 345 g/mol. The molecular weight excluding hydrogens is 318 g/mol. The monoisotopic (exact) mass is 345 g/mol. The first-order chi connectivity index (χ1) is 11.8. The summed E-state index contributed by atoms with van der Waals surface area (Å²) in [4.78, 5) is 25.6. The molecule has 1 aromatic rings. The van der Waals surface area contributed by atoms with Gasteiger partial charge in [0.2, 0.25) is 0 Å². The SMILES string of the molecule is CCCn1c(C)cc(/C=C(/C#N)C(=O)N(CC(=O)OC)C(C)C)c1C. The van der Waals surface area contributed by atoms with Gasteiger partial charge in [0.05, 0.1) is 7.11 Å². The molecule has 0 bridgehead atoms. The van der Waals surface area contributed by atoms with Crippen LogP contribution in [-0.4, -0.2) is 41.0 Å². The summed E-state index contributed by atoms with van der Waals surface area (Å²) in [5.74, 6) is -0.983. The highest BCUT2D eigenvalue weighted by molar-refractivity contribution is 6.03. The summed E-state index contributed by atoms with van der Waals surface area (Å²) in [6.45, 7) is 10.4. The number of rotatable bonds is 7. The van der Waals surface area contributed by atoms with Crippen molar-refractivity contribution in [3.05, 3.63) is 28.6 Å². The maximum absolute atomic E-state index is 12.7. The molecule has 1 aromatic heterocycles. The summed E-state index contributed by atoms with van der Waals surface area (Å²) in [5.41, 5.74) is 2.96. The summed E-state index contributed by atoms with van der Waals surface area (Å²) < 4.78 is 6.81. The van der Waals surface area contributed by atoms with E-state index in [9.17, 15) is 14.9 Å². The molecule has 0 aliphatic carbocycles. The van der Waals surface area contributed by atoms with Gasteiger partial charge in [0.1, 0.15) is 18.2 Å². The van der Waals surface area contributed by atoms with E-state index in [1.54, 1.807) is 19.9 Å². The van der Waals surface area contributed by atoms with Gasteiger partial charge in [0, 0.05) is 24.0 Å². The van der Waals surface area contributed by atoms with Crippen molar-refractivity contribution in [2.24, 2.45) is 0 Å². The second-order valence-electron chi connectivity index (χ2n) is 6.25. The van der Waals surface area contributed by atoms with Gasteiger partial charge in [-0.05, 0) is 51.8 Å². The van der Waals surface area contributed by atoms with E-state index in [2.05, 4.69) is 16.2 Å². The fourth-order valence-corrected chi connectivity index (χ4v) is 2.69. The van der Waals surface area contributed by atoms with Gasteiger partial charge in [0.25, 0.3) is 5.91 Å². The Bertz CT molecular complexity index is 708. The van der Waals surface area contributed by atoms with Crippen LogP contribution >= 0.6 is 0 Å². The largest absolute Gasteiger partial charge is 0.468 e. The Morgan fingerprint density at radius 3 is 2.52 bits per heavy atom. The highest BCUT2D eigenvalue weighted by Gasteiger charge is 2.24. The molecule has 0 spiro atoms. The number of carbonyl (C=O) groups excluding carboxylic acids is 2. The molecule has 6 heteroatoms. The lowest BCUT2D eigenvalue weighted by atomic mass is 10.1. The minimum atomic E-state index is -0.513. The predicted octanol–water partition coefficient (Wildman–Crippen LogP) is 2.83. The lowest BCUT2D eigenvalue weighted by Gasteiger charge is -2.25. The van der Waals surface area contributed by atoms with Gasteiger partial charge < -0.3 is 14.2 Å². The maximum Gasteiger partial charge on any atom is 0.325 e. The van der Waals surface area contributed by atoms with Gasteiger partial charge in [-0.15, -0.1) is 0 Å². The van der Waals surface area contributed by atoms with Crippen molar-refractivity contribution in [3.63, 3.8) is 0 Å². The molecule has 0 fully saturated rings. The molecule has 0 aliphatic heterocycles. The molecule has 1 amide bonds. The molecule has 0 saturated heterocycles. The van der Waals surface area contributed by atoms with Crippen molar-refractivity contribution in [1.29, 1.82) is 5.26 Å². The molecule has 0 saturated carbocycles. The molecule has 0 N–H and O–H groups in total. The zero-order chi connectivity index (χ0) is 19.1. The Kier molecular flexibility index (Phi) is 7.43.